The molecule has 3 nitrogen and oxygen atoms in total. The number of hydrogen-bond donors (Lipinski definition) is 1. The van der Waals surface area contributed by atoms with Crippen LogP contribution in [-0.2, 0) is 9.59 Å². The molecule has 0 heterocycles. The fourth-order valence-corrected chi connectivity index (χ4v) is 5.98. The summed E-state index contributed by atoms with van der Waals surface area (Å²) >= 11 is 0. The summed E-state index contributed by atoms with van der Waals surface area (Å²) in [4.78, 5) is 23.9. The summed E-state index contributed by atoms with van der Waals surface area (Å²) < 4.78 is 0. The average molecular weight is 304 g/mol. The number of Topliss-reactive ketones (excluding diaryl/α,β-unsaturated/α-hetero) is 1. The zero-order chi connectivity index (χ0) is 16.1. The van der Waals surface area contributed by atoms with Crippen molar-refractivity contribution in [3.8, 4) is 0 Å². The highest BCUT2D eigenvalue weighted by Crippen LogP contribution is 2.62. The smallest absolute Gasteiger partial charge is 0.331 e. The van der Waals surface area contributed by atoms with Crippen LogP contribution < -0.4 is 0 Å². The van der Waals surface area contributed by atoms with Gasteiger partial charge in [0.2, 0.25) is 0 Å². The molecule has 0 saturated heterocycles. The van der Waals surface area contributed by atoms with Crippen LogP contribution in [-0.4, -0.2) is 16.9 Å². The lowest BCUT2D eigenvalue weighted by atomic mass is 9.46. The van der Waals surface area contributed by atoms with Crippen LogP contribution in [0, 0.1) is 28.6 Å². The fourth-order valence-electron chi connectivity index (χ4n) is 5.98. The van der Waals surface area contributed by atoms with E-state index in [1.54, 1.807) is 0 Å². The van der Waals surface area contributed by atoms with E-state index in [9.17, 15) is 14.7 Å². The maximum absolute atomic E-state index is 12.6. The molecule has 2 fully saturated rings. The standard InChI is InChI=1S/C19H28O3/c1-18(2)9-4-10-19(3)14-7-5-12(17(21)22)11-15(20)13(14)6-8-16(18)19/h5,13-14,16H,4,6-11H2,1-3H3,(H,21,22). The summed E-state index contributed by atoms with van der Waals surface area (Å²) in [6.45, 7) is 7.14. The number of allylic oxidation sites excluding steroid dienone is 1. The highest BCUT2D eigenvalue weighted by atomic mass is 16.4. The van der Waals surface area contributed by atoms with E-state index in [2.05, 4.69) is 20.8 Å². The van der Waals surface area contributed by atoms with Crippen LogP contribution in [0.1, 0.15) is 65.7 Å². The SMILES string of the molecule is CC1(C)CCCC2(C)C3CC=C(C(=O)O)CC(=O)C3CCC12. The van der Waals surface area contributed by atoms with Gasteiger partial charge in [0.15, 0.2) is 0 Å². The third kappa shape index (κ3) is 2.33. The van der Waals surface area contributed by atoms with Gasteiger partial charge in [-0.2, -0.15) is 0 Å². The van der Waals surface area contributed by atoms with Crippen LogP contribution in [0.3, 0.4) is 0 Å². The topological polar surface area (TPSA) is 54.4 Å². The summed E-state index contributed by atoms with van der Waals surface area (Å²) in [6, 6.07) is 0. The minimum absolute atomic E-state index is 0.0725. The van der Waals surface area contributed by atoms with Crippen molar-refractivity contribution in [2.45, 2.75) is 65.7 Å². The zero-order valence-corrected chi connectivity index (χ0v) is 14.0. The number of fused-ring (bicyclic) bond motifs is 3. The molecule has 0 aromatic heterocycles. The number of rotatable bonds is 1. The van der Waals surface area contributed by atoms with Crippen molar-refractivity contribution in [2.75, 3.05) is 0 Å². The predicted octanol–water partition coefficient (Wildman–Crippen LogP) is 4.22. The number of ketones is 1. The first-order valence-electron chi connectivity index (χ1n) is 8.71. The second-order valence-electron chi connectivity index (χ2n) is 8.60. The molecule has 0 radical (unpaired) electrons. The number of carboxylic acids is 1. The van der Waals surface area contributed by atoms with Crippen molar-refractivity contribution in [1.29, 1.82) is 0 Å². The van der Waals surface area contributed by atoms with E-state index >= 15 is 0 Å². The van der Waals surface area contributed by atoms with Gasteiger partial charge in [-0.1, -0.05) is 33.3 Å². The number of carbonyl (C=O) groups is 2. The van der Waals surface area contributed by atoms with Crippen LogP contribution >= 0.6 is 0 Å². The first-order valence-corrected chi connectivity index (χ1v) is 8.71. The Morgan fingerprint density at radius 3 is 2.64 bits per heavy atom. The number of hydrogen-bond acceptors (Lipinski definition) is 2. The summed E-state index contributed by atoms with van der Waals surface area (Å²) in [5, 5.41) is 9.27. The molecule has 3 heteroatoms. The molecular formula is C19H28O3. The average Bonchev–Trinajstić information content (AvgIpc) is 2.58. The molecule has 3 rings (SSSR count). The van der Waals surface area contributed by atoms with Crippen LogP contribution in [0.2, 0.25) is 0 Å². The van der Waals surface area contributed by atoms with E-state index in [0.717, 1.165) is 19.3 Å². The Bertz CT molecular complexity index is 531. The van der Waals surface area contributed by atoms with Gasteiger partial charge in [0.1, 0.15) is 5.78 Å². The molecule has 0 spiro atoms. The van der Waals surface area contributed by atoms with Gasteiger partial charge in [-0.15, -0.1) is 0 Å². The Balaban J connectivity index is 1.97. The van der Waals surface area contributed by atoms with E-state index < -0.39 is 5.97 Å². The minimum Gasteiger partial charge on any atom is -0.478 e. The molecule has 4 unspecified atom stereocenters. The van der Waals surface area contributed by atoms with Crippen molar-refractivity contribution in [2.24, 2.45) is 28.6 Å². The summed E-state index contributed by atoms with van der Waals surface area (Å²) in [6.07, 6.45) is 8.50. The van der Waals surface area contributed by atoms with Crippen molar-refractivity contribution in [3.05, 3.63) is 11.6 Å². The lowest BCUT2D eigenvalue weighted by molar-refractivity contribution is -0.139. The molecule has 0 amide bonds. The Morgan fingerprint density at radius 2 is 1.95 bits per heavy atom. The molecule has 1 N–H and O–H groups in total. The number of aliphatic carboxylic acids is 1. The van der Waals surface area contributed by atoms with E-state index in [-0.39, 0.29) is 23.5 Å². The van der Waals surface area contributed by atoms with Crippen molar-refractivity contribution < 1.29 is 14.7 Å². The lowest BCUT2D eigenvalue weighted by Gasteiger charge is -2.59. The van der Waals surface area contributed by atoms with Gasteiger partial charge >= 0.3 is 5.97 Å². The normalized spacial score (nSPS) is 41.0. The number of carbonyl (C=O) groups excluding carboxylic acids is 1. The molecule has 4 atom stereocenters. The Hall–Kier alpha value is -1.12. The molecule has 0 aromatic rings. The van der Waals surface area contributed by atoms with Crippen LogP contribution in [0.25, 0.3) is 0 Å². The third-order valence-corrected chi connectivity index (χ3v) is 7.05. The summed E-state index contributed by atoms with van der Waals surface area (Å²) in [5.74, 6) is 0.304. The van der Waals surface area contributed by atoms with Crippen molar-refractivity contribution in [3.63, 3.8) is 0 Å². The van der Waals surface area contributed by atoms with Gasteiger partial charge in [0.25, 0.3) is 0 Å². The second kappa shape index (κ2) is 5.21. The zero-order valence-electron chi connectivity index (χ0n) is 14.0. The second-order valence-corrected chi connectivity index (χ2v) is 8.60. The van der Waals surface area contributed by atoms with Gasteiger partial charge < -0.3 is 5.11 Å². The maximum atomic E-state index is 12.6. The first kappa shape index (κ1) is 15.8. The molecule has 0 aliphatic heterocycles. The lowest BCUT2D eigenvalue weighted by Crippen LogP contribution is -2.52. The van der Waals surface area contributed by atoms with E-state index in [4.69, 9.17) is 0 Å². The van der Waals surface area contributed by atoms with E-state index in [0.29, 0.717) is 22.8 Å². The molecule has 122 valence electrons. The van der Waals surface area contributed by atoms with Gasteiger partial charge in [0.05, 0.1) is 0 Å². The Labute approximate surface area is 133 Å². The van der Waals surface area contributed by atoms with Gasteiger partial charge in [-0.05, 0) is 54.8 Å². The van der Waals surface area contributed by atoms with Crippen LogP contribution in [0.4, 0.5) is 0 Å². The number of carboxylic acid groups (broad SMARTS) is 1. The van der Waals surface area contributed by atoms with Gasteiger partial charge in [-0.25, -0.2) is 4.79 Å². The van der Waals surface area contributed by atoms with Gasteiger partial charge in [0, 0.05) is 17.9 Å². The van der Waals surface area contributed by atoms with Crippen molar-refractivity contribution >= 4 is 11.8 Å². The molecule has 2 saturated carbocycles. The largest absolute Gasteiger partial charge is 0.478 e. The summed E-state index contributed by atoms with van der Waals surface area (Å²) in [5.41, 5.74) is 0.840. The van der Waals surface area contributed by atoms with Crippen LogP contribution in [0.15, 0.2) is 11.6 Å². The minimum atomic E-state index is -0.919. The quantitative estimate of drug-likeness (QED) is 0.789. The van der Waals surface area contributed by atoms with Crippen molar-refractivity contribution in [1.82, 2.24) is 0 Å². The fraction of sp³-hybridized carbons (Fsp3) is 0.789. The molecule has 3 aliphatic rings. The highest BCUT2D eigenvalue weighted by molar-refractivity contribution is 5.96. The summed E-state index contributed by atoms with van der Waals surface area (Å²) in [7, 11) is 0. The maximum Gasteiger partial charge on any atom is 0.331 e. The van der Waals surface area contributed by atoms with Gasteiger partial charge in [-0.3, -0.25) is 4.79 Å². The highest BCUT2D eigenvalue weighted by Gasteiger charge is 2.55. The van der Waals surface area contributed by atoms with E-state index in [1.807, 2.05) is 6.08 Å². The first-order chi connectivity index (χ1) is 10.3. The molecule has 0 bridgehead atoms. The molecular weight excluding hydrogens is 276 g/mol. The Kier molecular flexibility index (Phi) is 3.73. The Morgan fingerprint density at radius 1 is 1.23 bits per heavy atom. The molecule has 22 heavy (non-hydrogen) atoms. The predicted molar refractivity (Wildman–Crippen MR) is 85.4 cm³/mol. The van der Waals surface area contributed by atoms with Crippen LogP contribution in [0.5, 0.6) is 0 Å². The monoisotopic (exact) mass is 304 g/mol. The van der Waals surface area contributed by atoms with E-state index in [1.165, 1.54) is 19.3 Å². The third-order valence-electron chi connectivity index (χ3n) is 7.05. The molecule has 3 aliphatic carbocycles. The molecule has 0 aromatic carbocycles.